The van der Waals surface area contributed by atoms with Gasteiger partial charge < -0.3 is 0 Å². The molecule has 6 nitrogen and oxygen atoms in total. The lowest BCUT2D eigenvalue weighted by Gasteiger charge is -2.15. The van der Waals surface area contributed by atoms with Crippen LogP contribution >= 0.6 is 0 Å². The van der Waals surface area contributed by atoms with Gasteiger partial charge >= 0.3 is 15.5 Å². The zero-order valence-electron chi connectivity index (χ0n) is 12.8. The van der Waals surface area contributed by atoms with Gasteiger partial charge in [0.15, 0.2) is 0 Å². The van der Waals surface area contributed by atoms with Crippen molar-refractivity contribution in [1.29, 1.82) is 0 Å². The Morgan fingerprint density at radius 3 is 2.04 bits per heavy atom. The average Bonchev–Trinajstić information content (AvgIpc) is 2.49. The Morgan fingerprint density at radius 1 is 0.846 bits per heavy atom. The van der Waals surface area contributed by atoms with Crippen LogP contribution in [0, 0.1) is 5.82 Å². The fourth-order valence-corrected chi connectivity index (χ4v) is 3.68. The van der Waals surface area contributed by atoms with Gasteiger partial charge in [-0.3, -0.25) is 9.44 Å². The van der Waals surface area contributed by atoms with E-state index in [2.05, 4.69) is 0 Å². The van der Waals surface area contributed by atoms with Gasteiger partial charge in [0.25, 0.3) is 0 Å². The van der Waals surface area contributed by atoms with Crippen molar-refractivity contribution in [3.63, 3.8) is 0 Å². The highest BCUT2D eigenvalue weighted by Crippen LogP contribution is 2.30. The SMILES string of the molecule is O=S(=O)(Cc1ccccc1)Nc1cc(F)ccc1NS(=O)(=O)C(F)(F)F. The molecule has 2 N–H and O–H groups in total. The summed E-state index contributed by atoms with van der Waals surface area (Å²) in [6, 6.07) is 9.74. The van der Waals surface area contributed by atoms with Crippen LogP contribution in [0.2, 0.25) is 0 Å². The van der Waals surface area contributed by atoms with Crippen LogP contribution in [0.15, 0.2) is 48.5 Å². The van der Waals surface area contributed by atoms with Crippen molar-refractivity contribution in [2.45, 2.75) is 11.3 Å². The first-order chi connectivity index (χ1) is 11.9. The summed E-state index contributed by atoms with van der Waals surface area (Å²) < 4.78 is 101. The first kappa shape index (κ1) is 20.0. The number of hydrogen-bond donors (Lipinski definition) is 2. The van der Waals surface area contributed by atoms with E-state index < -0.39 is 48.5 Å². The summed E-state index contributed by atoms with van der Waals surface area (Å²) in [7, 11) is -9.96. The minimum atomic E-state index is -5.81. The van der Waals surface area contributed by atoms with Gasteiger partial charge in [-0.25, -0.2) is 12.8 Å². The predicted molar refractivity (Wildman–Crippen MR) is 87.7 cm³/mol. The molecule has 0 aliphatic carbocycles. The molecule has 26 heavy (non-hydrogen) atoms. The first-order valence-electron chi connectivity index (χ1n) is 6.83. The number of hydrogen-bond acceptors (Lipinski definition) is 4. The summed E-state index contributed by atoms with van der Waals surface area (Å²) in [6.45, 7) is 0. The van der Waals surface area contributed by atoms with E-state index in [0.717, 1.165) is 0 Å². The minimum absolute atomic E-state index is 0.369. The molecule has 0 saturated heterocycles. The summed E-state index contributed by atoms with van der Waals surface area (Å²) >= 11 is 0. The summed E-state index contributed by atoms with van der Waals surface area (Å²) in [4.78, 5) is 0. The number of halogens is 4. The molecule has 0 heterocycles. The van der Waals surface area contributed by atoms with Gasteiger partial charge in [0, 0.05) is 6.07 Å². The third-order valence-electron chi connectivity index (χ3n) is 3.00. The molecular formula is C14H12F4N2O4S2. The lowest BCUT2D eigenvalue weighted by molar-refractivity contribution is -0.0429. The van der Waals surface area contributed by atoms with Gasteiger partial charge in [-0.2, -0.15) is 21.6 Å². The van der Waals surface area contributed by atoms with E-state index in [-0.39, 0.29) is 0 Å². The molecule has 0 atom stereocenters. The molecule has 0 saturated carbocycles. The molecule has 0 amide bonds. The third kappa shape index (κ3) is 5.08. The Morgan fingerprint density at radius 2 is 1.46 bits per heavy atom. The Kier molecular flexibility index (Phi) is 5.47. The van der Waals surface area contributed by atoms with Crippen molar-refractivity contribution in [2.75, 3.05) is 9.44 Å². The molecule has 12 heteroatoms. The van der Waals surface area contributed by atoms with Crippen LogP contribution in [0.3, 0.4) is 0 Å². The summed E-state index contributed by atoms with van der Waals surface area (Å²) in [6.07, 6.45) is 0. The summed E-state index contributed by atoms with van der Waals surface area (Å²) in [5.41, 5.74) is -6.69. The number of benzene rings is 2. The summed E-state index contributed by atoms with van der Waals surface area (Å²) in [5, 5.41) is 0. The van der Waals surface area contributed by atoms with Gasteiger partial charge in [-0.1, -0.05) is 30.3 Å². The number of anilines is 2. The van der Waals surface area contributed by atoms with E-state index in [1.165, 1.54) is 16.9 Å². The molecule has 0 unspecified atom stereocenters. The minimum Gasteiger partial charge on any atom is -0.281 e. The van der Waals surface area contributed by atoms with Gasteiger partial charge in [-0.15, -0.1) is 0 Å². The highest BCUT2D eigenvalue weighted by Gasteiger charge is 2.46. The van der Waals surface area contributed by atoms with Crippen molar-refractivity contribution in [3.05, 3.63) is 59.9 Å². The van der Waals surface area contributed by atoms with Crippen LogP contribution in [0.5, 0.6) is 0 Å². The van der Waals surface area contributed by atoms with Crippen molar-refractivity contribution in [2.24, 2.45) is 0 Å². The predicted octanol–water partition coefficient (Wildman–Crippen LogP) is 3.03. The number of nitrogens with one attached hydrogen (secondary N) is 2. The molecule has 0 aliphatic heterocycles. The molecular weight excluding hydrogens is 400 g/mol. The Hall–Kier alpha value is -2.34. The molecule has 142 valence electrons. The highest BCUT2D eigenvalue weighted by atomic mass is 32.2. The van der Waals surface area contributed by atoms with Crippen molar-refractivity contribution < 1.29 is 34.4 Å². The first-order valence-corrected chi connectivity index (χ1v) is 9.96. The second-order valence-corrected chi connectivity index (χ2v) is 8.48. The number of rotatable bonds is 6. The number of sulfonamides is 2. The van der Waals surface area contributed by atoms with Crippen LogP contribution in [0.1, 0.15) is 5.56 Å². The molecule has 0 radical (unpaired) electrons. The Balaban J connectivity index is 2.33. The van der Waals surface area contributed by atoms with Crippen LogP contribution in [-0.4, -0.2) is 22.3 Å². The van der Waals surface area contributed by atoms with E-state index in [1.54, 1.807) is 18.2 Å². The summed E-state index contributed by atoms with van der Waals surface area (Å²) in [5.74, 6) is -1.52. The second-order valence-electron chi connectivity index (χ2n) is 5.09. The number of alkyl halides is 3. The normalized spacial score (nSPS) is 12.6. The second kappa shape index (κ2) is 7.11. The maximum absolute atomic E-state index is 13.4. The van der Waals surface area contributed by atoms with Crippen LogP contribution in [0.25, 0.3) is 0 Å². The van der Waals surface area contributed by atoms with Crippen LogP contribution < -0.4 is 9.44 Å². The average molecular weight is 412 g/mol. The fraction of sp³-hybridized carbons (Fsp3) is 0.143. The van der Waals surface area contributed by atoms with Crippen LogP contribution in [-0.2, 0) is 25.8 Å². The Labute approximate surface area is 147 Å². The van der Waals surface area contributed by atoms with Gasteiger partial charge in [0.2, 0.25) is 10.0 Å². The monoisotopic (exact) mass is 412 g/mol. The molecule has 0 spiro atoms. The molecule has 0 aliphatic rings. The van der Waals surface area contributed by atoms with E-state index in [1.807, 2.05) is 4.72 Å². The smallest absolute Gasteiger partial charge is 0.281 e. The van der Waals surface area contributed by atoms with Gasteiger partial charge in [0.1, 0.15) is 5.82 Å². The zero-order valence-corrected chi connectivity index (χ0v) is 14.4. The molecule has 0 fully saturated rings. The maximum atomic E-state index is 13.4. The van der Waals surface area contributed by atoms with E-state index in [0.29, 0.717) is 23.8 Å². The van der Waals surface area contributed by atoms with E-state index >= 15 is 0 Å². The lowest BCUT2D eigenvalue weighted by atomic mass is 10.2. The van der Waals surface area contributed by atoms with E-state index in [4.69, 9.17) is 0 Å². The molecule has 0 aromatic heterocycles. The topological polar surface area (TPSA) is 92.3 Å². The lowest BCUT2D eigenvalue weighted by Crippen LogP contribution is -2.30. The van der Waals surface area contributed by atoms with Crippen LogP contribution in [0.4, 0.5) is 28.9 Å². The van der Waals surface area contributed by atoms with Gasteiger partial charge in [-0.05, 0) is 17.7 Å². The van der Waals surface area contributed by atoms with Crippen molar-refractivity contribution in [1.82, 2.24) is 0 Å². The Bertz CT molecular complexity index is 991. The van der Waals surface area contributed by atoms with Gasteiger partial charge in [0.05, 0.1) is 17.1 Å². The third-order valence-corrected chi connectivity index (χ3v) is 5.34. The quantitative estimate of drug-likeness (QED) is 0.714. The molecule has 2 rings (SSSR count). The highest BCUT2D eigenvalue weighted by molar-refractivity contribution is 7.93. The molecule has 2 aromatic rings. The maximum Gasteiger partial charge on any atom is 0.516 e. The molecule has 0 bridgehead atoms. The largest absolute Gasteiger partial charge is 0.516 e. The van der Waals surface area contributed by atoms with Crippen molar-refractivity contribution in [3.8, 4) is 0 Å². The molecule has 2 aromatic carbocycles. The fourth-order valence-electron chi connectivity index (χ4n) is 1.89. The standard InChI is InChI=1S/C14H12F4N2O4S2/c15-11-6-7-12(20-26(23,24)14(16,17)18)13(8-11)19-25(21,22)9-10-4-2-1-3-5-10/h1-8,19-20H,9H2. The van der Waals surface area contributed by atoms with E-state index in [9.17, 15) is 34.4 Å². The van der Waals surface area contributed by atoms with Crippen molar-refractivity contribution >= 4 is 31.4 Å². The zero-order chi connectivity index (χ0) is 19.6.